The van der Waals surface area contributed by atoms with Gasteiger partial charge in [-0.25, -0.2) is 0 Å². The average Bonchev–Trinajstić information content (AvgIpc) is 2.69. The first kappa shape index (κ1) is 13.7. The Hall–Kier alpha value is -0.683. The van der Waals surface area contributed by atoms with E-state index in [1.54, 1.807) is 0 Å². The van der Waals surface area contributed by atoms with Crippen LogP contribution in [-0.2, 0) is 14.0 Å². The maximum Gasteiger partial charge on any atom is 0.257 e. The molecule has 2 rings (SSSR count). The van der Waals surface area contributed by atoms with Crippen molar-refractivity contribution >= 4 is 20.1 Å². The molecule has 2 atom stereocenters. The van der Waals surface area contributed by atoms with Gasteiger partial charge in [0.25, 0.3) is 5.91 Å². The van der Waals surface area contributed by atoms with Crippen LogP contribution in [0.1, 0.15) is 40.0 Å². The molecule has 0 saturated carbocycles. The van der Waals surface area contributed by atoms with E-state index in [0.717, 1.165) is 6.42 Å². The van der Waals surface area contributed by atoms with Gasteiger partial charge in [0.15, 0.2) is 8.32 Å². The molecule has 0 aromatic rings. The number of amides is 2. The molecule has 102 valence electrons. The molecule has 2 saturated heterocycles. The SMILES string of the molecule is CC(C)(C)[Si](C)(C)OC1CC2CCC(=O)N2C1=O. The van der Waals surface area contributed by atoms with Crippen molar-refractivity contribution in [1.29, 1.82) is 0 Å². The minimum Gasteiger partial charge on any atom is -0.405 e. The molecule has 2 amide bonds. The highest BCUT2D eigenvalue weighted by molar-refractivity contribution is 6.74. The number of imide groups is 1. The van der Waals surface area contributed by atoms with Gasteiger partial charge in [-0.15, -0.1) is 0 Å². The first-order chi connectivity index (χ1) is 8.13. The molecule has 0 aromatic carbocycles. The first-order valence-electron chi connectivity index (χ1n) is 6.67. The van der Waals surface area contributed by atoms with Crippen molar-refractivity contribution in [2.75, 3.05) is 0 Å². The van der Waals surface area contributed by atoms with Crippen molar-refractivity contribution in [3.8, 4) is 0 Å². The van der Waals surface area contributed by atoms with Gasteiger partial charge in [0.1, 0.15) is 6.10 Å². The molecule has 5 heteroatoms. The zero-order valence-corrected chi connectivity index (χ0v) is 12.9. The van der Waals surface area contributed by atoms with E-state index in [1.165, 1.54) is 4.90 Å². The molecule has 2 aliphatic heterocycles. The molecular weight excluding hydrogens is 246 g/mol. The third kappa shape index (κ3) is 2.14. The normalized spacial score (nSPS) is 29.1. The van der Waals surface area contributed by atoms with E-state index in [2.05, 4.69) is 33.9 Å². The van der Waals surface area contributed by atoms with Crippen LogP contribution < -0.4 is 0 Å². The van der Waals surface area contributed by atoms with E-state index in [1.807, 2.05) is 0 Å². The zero-order chi connectivity index (χ0) is 13.7. The van der Waals surface area contributed by atoms with Gasteiger partial charge in [-0.05, 0) is 24.6 Å². The number of fused-ring (bicyclic) bond motifs is 1. The third-order valence-corrected chi connectivity index (χ3v) is 9.05. The second-order valence-electron chi connectivity index (χ2n) is 6.90. The molecule has 0 aliphatic carbocycles. The molecular formula is C13H23NO3Si. The number of carbonyl (C=O) groups excluding carboxylic acids is 2. The second kappa shape index (κ2) is 4.16. The Balaban J connectivity index is 2.09. The van der Waals surface area contributed by atoms with E-state index in [4.69, 9.17) is 4.43 Å². The fraction of sp³-hybridized carbons (Fsp3) is 0.846. The van der Waals surface area contributed by atoms with E-state index in [-0.39, 0.29) is 29.0 Å². The van der Waals surface area contributed by atoms with Crippen LogP contribution in [-0.4, -0.2) is 37.2 Å². The summed E-state index contributed by atoms with van der Waals surface area (Å²) < 4.78 is 6.16. The number of hydrogen-bond acceptors (Lipinski definition) is 3. The van der Waals surface area contributed by atoms with Crippen molar-refractivity contribution in [2.24, 2.45) is 0 Å². The maximum absolute atomic E-state index is 12.2. The van der Waals surface area contributed by atoms with Gasteiger partial charge >= 0.3 is 0 Å². The van der Waals surface area contributed by atoms with Gasteiger partial charge < -0.3 is 4.43 Å². The number of hydrogen-bond donors (Lipinski definition) is 0. The number of nitrogens with zero attached hydrogens (tertiary/aromatic N) is 1. The highest BCUT2D eigenvalue weighted by Gasteiger charge is 2.50. The number of rotatable bonds is 2. The Morgan fingerprint density at radius 3 is 2.39 bits per heavy atom. The van der Waals surface area contributed by atoms with Crippen LogP contribution in [0.4, 0.5) is 0 Å². The van der Waals surface area contributed by atoms with Gasteiger partial charge in [-0.1, -0.05) is 20.8 Å². The Kier molecular flexibility index (Phi) is 3.18. The van der Waals surface area contributed by atoms with E-state index < -0.39 is 8.32 Å². The lowest BCUT2D eigenvalue weighted by Crippen LogP contribution is -2.46. The predicted molar refractivity (Wildman–Crippen MR) is 71.6 cm³/mol. The average molecular weight is 269 g/mol. The molecule has 0 bridgehead atoms. The molecule has 2 heterocycles. The standard InChI is InChI=1S/C13H23NO3Si/c1-13(2,3)18(4,5)17-10-8-9-6-7-11(15)14(9)12(10)16/h9-10H,6-8H2,1-5H3. The van der Waals surface area contributed by atoms with Crippen molar-refractivity contribution in [3.05, 3.63) is 0 Å². The molecule has 0 radical (unpaired) electrons. The first-order valence-corrected chi connectivity index (χ1v) is 9.58. The van der Waals surface area contributed by atoms with Crippen LogP contribution in [0.25, 0.3) is 0 Å². The van der Waals surface area contributed by atoms with Crippen LogP contribution >= 0.6 is 0 Å². The lowest BCUT2D eigenvalue weighted by atomic mass is 10.1. The Morgan fingerprint density at radius 2 is 1.89 bits per heavy atom. The van der Waals surface area contributed by atoms with Crippen molar-refractivity contribution in [2.45, 2.75) is 70.3 Å². The lowest BCUT2D eigenvalue weighted by molar-refractivity contribution is -0.143. The van der Waals surface area contributed by atoms with E-state index >= 15 is 0 Å². The summed E-state index contributed by atoms with van der Waals surface area (Å²) in [7, 11) is -1.94. The predicted octanol–water partition coefficient (Wildman–Crippen LogP) is 2.30. The number of carbonyl (C=O) groups is 2. The molecule has 2 aliphatic rings. The van der Waals surface area contributed by atoms with Crippen LogP contribution in [0.5, 0.6) is 0 Å². The molecule has 0 N–H and O–H groups in total. The van der Waals surface area contributed by atoms with Crippen molar-refractivity contribution in [3.63, 3.8) is 0 Å². The summed E-state index contributed by atoms with van der Waals surface area (Å²) >= 11 is 0. The molecule has 4 nitrogen and oxygen atoms in total. The summed E-state index contributed by atoms with van der Waals surface area (Å²) in [6, 6.07) is 0.0970. The van der Waals surface area contributed by atoms with Gasteiger partial charge in [0, 0.05) is 18.9 Å². The van der Waals surface area contributed by atoms with E-state index in [9.17, 15) is 9.59 Å². The molecule has 0 spiro atoms. The van der Waals surface area contributed by atoms with Gasteiger partial charge in [0.05, 0.1) is 0 Å². The second-order valence-corrected chi connectivity index (χ2v) is 11.7. The van der Waals surface area contributed by atoms with E-state index in [0.29, 0.717) is 12.8 Å². The van der Waals surface area contributed by atoms with Crippen molar-refractivity contribution < 1.29 is 14.0 Å². The Bertz CT molecular complexity index is 386. The maximum atomic E-state index is 12.2. The summed E-state index contributed by atoms with van der Waals surface area (Å²) in [5.41, 5.74) is 0. The molecule has 2 unspecified atom stereocenters. The van der Waals surface area contributed by atoms with Crippen LogP contribution in [0.15, 0.2) is 0 Å². The quantitative estimate of drug-likeness (QED) is 0.571. The Labute approximate surface area is 110 Å². The third-order valence-electron chi connectivity index (χ3n) is 4.57. The summed E-state index contributed by atoms with van der Waals surface area (Å²) in [5, 5.41) is 0.0876. The monoisotopic (exact) mass is 269 g/mol. The zero-order valence-electron chi connectivity index (χ0n) is 11.9. The van der Waals surface area contributed by atoms with Crippen LogP contribution in [0.2, 0.25) is 18.1 Å². The van der Waals surface area contributed by atoms with Crippen LogP contribution in [0, 0.1) is 0 Å². The van der Waals surface area contributed by atoms with Gasteiger partial charge in [-0.2, -0.15) is 0 Å². The Morgan fingerprint density at radius 1 is 1.28 bits per heavy atom. The fourth-order valence-corrected chi connectivity index (χ4v) is 3.67. The highest BCUT2D eigenvalue weighted by Crippen LogP contribution is 2.40. The highest BCUT2D eigenvalue weighted by atomic mass is 28.4. The molecule has 18 heavy (non-hydrogen) atoms. The minimum atomic E-state index is -1.94. The molecule has 0 aromatic heterocycles. The summed E-state index contributed by atoms with van der Waals surface area (Å²) in [6.45, 7) is 10.8. The van der Waals surface area contributed by atoms with Crippen molar-refractivity contribution in [1.82, 2.24) is 4.90 Å². The van der Waals surface area contributed by atoms with Crippen LogP contribution in [0.3, 0.4) is 0 Å². The lowest BCUT2D eigenvalue weighted by Gasteiger charge is -2.37. The fourth-order valence-electron chi connectivity index (χ4n) is 2.40. The summed E-state index contributed by atoms with van der Waals surface area (Å²) in [5.74, 6) is -0.126. The minimum absolute atomic E-state index is 0.0219. The summed E-state index contributed by atoms with van der Waals surface area (Å²) in [6.07, 6.45) is 1.63. The topological polar surface area (TPSA) is 46.6 Å². The largest absolute Gasteiger partial charge is 0.405 e. The van der Waals surface area contributed by atoms with Gasteiger partial charge in [-0.3, -0.25) is 14.5 Å². The molecule has 2 fully saturated rings. The smallest absolute Gasteiger partial charge is 0.257 e. The summed E-state index contributed by atoms with van der Waals surface area (Å²) in [4.78, 5) is 25.3. The van der Waals surface area contributed by atoms with Gasteiger partial charge in [0.2, 0.25) is 5.91 Å².